The summed E-state index contributed by atoms with van der Waals surface area (Å²) in [6.07, 6.45) is 7.86. The van der Waals surface area contributed by atoms with Gasteiger partial charge in [0.1, 0.15) is 11.5 Å². The molecule has 9 heteroatoms. The molecule has 1 saturated heterocycles. The van der Waals surface area contributed by atoms with Crippen LogP contribution in [0.5, 0.6) is 0 Å². The van der Waals surface area contributed by atoms with Gasteiger partial charge in [-0.3, -0.25) is 14.6 Å². The monoisotopic (exact) mass is 392 g/mol. The number of rotatable bonds is 2. The number of carbonyl (C=O) groups excluding carboxylic acids is 1. The number of piperidine rings is 1. The number of pyridine rings is 1. The van der Waals surface area contributed by atoms with Crippen LogP contribution < -0.4 is 11.2 Å². The molecule has 0 bridgehead atoms. The molecule has 1 spiro atoms. The van der Waals surface area contributed by atoms with Crippen LogP contribution in [0.2, 0.25) is 0 Å². The largest absolute Gasteiger partial charge is 0.336 e. The van der Waals surface area contributed by atoms with Gasteiger partial charge in [0.2, 0.25) is 0 Å². The first-order chi connectivity index (χ1) is 14.1. The Morgan fingerprint density at radius 3 is 2.86 bits per heavy atom. The molecule has 0 radical (unpaired) electrons. The quantitative estimate of drug-likeness (QED) is 0.599. The molecule has 1 fully saturated rings. The van der Waals surface area contributed by atoms with Crippen LogP contribution in [0, 0.1) is 0 Å². The van der Waals surface area contributed by atoms with Gasteiger partial charge in [-0.05, 0) is 37.8 Å². The fourth-order valence-electron chi connectivity index (χ4n) is 4.61. The summed E-state index contributed by atoms with van der Waals surface area (Å²) >= 11 is 0. The van der Waals surface area contributed by atoms with E-state index < -0.39 is 5.69 Å². The average molecular weight is 392 g/mol. The van der Waals surface area contributed by atoms with Crippen molar-refractivity contribution in [2.45, 2.75) is 31.1 Å². The van der Waals surface area contributed by atoms with Crippen LogP contribution in [-0.2, 0) is 11.8 Å². The van der Waals surface area contributed by atoms with Crippen molar-refractivity contribution in [3.05, 3.63) is 68.5 Å². The fraction of sp³-hybridized carbons (Fsp3) is 0.350. The molecule has 3 aromatic heterocycles. The third-order valence-electron chi connectivity index (χ3n) is 6.00. The van der Waals surface area contributed by atoms with Crippen molar-refractivity contribution in [2.24, 2.45) is 0 Å². The Morgan fingerprint density at radius 2 is 2.10 bits per heavy atom. The van der Waals surface area contributed by atoms with Gasteiger partial charge in [0, 0.05) is 48.2 Å². The molecule has 148 valence electrons. The lowest BCUT2D eigenvalue weighted by Crippen LogP contribution is -2.48. The van der Waals surface area contributed by atoms with E-state index in [9.17, 15) is 14.4 Å². The molecule has 4 heterocycles. The Kier molecular flexibility index (Phi) is 3.97. The van der Waals surface area contributed by atoms with Gasteiger partial charge in [-0.1, -0.05) is 0 Å². The minimum absolute atomic E-state index is 0.121. The number of nitrogens with zero attached hydrogens (tertiary/aromatic N) is 3. The molecule has 29 heavy (non-hydrogen) atoms. The standard InChI is InChI=1S/C20H20N6O3/c27-17-13-4-6-20(15(13)24-16(25-17)12-3-1-7-21-9-12)5-2-8-26(11-20)18(28)14-10-22-19(29)23-14/h1,3,7,9-10H,2,4-6,8,11H2,(H2,22,23,29)(H,24,25,27). The van der Waals surface area contributed by atoms with Crippen molar-refractivity contribution >= 4 is 5.91 Å². The first-order valence-corrected chi connectivity index (χ1v) is 9.67. The summed E-state index contributed by atoms with van der Waals surface area (Å²) in [5.41, 5.74) is 1.64. The highest BCUT2D eigenvalue weighted by Crippen LogP contribution is 2.43. The summed E-state index contributed by atoms with van der Waals surface area (Å²) in [7, 11) is 0. The van der Waals surface area contributed by atoms with Crippen molar-refractivity contribution in [1.82, 2.24) is 29.8 Å². The van der Waals surface area contributed by atoms with E-state index in [0.717, 1.165) is 30.5 Å². The van der Waals surface area contributed by atoms with Gasteiger partial charge >= 0.3 is 5.69 Å². The van der Waals surface area contributed by atoms with Gasteiger partial charge < -0.3 is 19.9 Å². The van der Waals surface area contributed by atoms with E-state index in [1.54, 1.807) is 23.4 Å². The predicted octanol–water partition coefficient (Wildman–Crippen LogP) is 0.969. The molecule has 0 saturated carbocycles. The number of fused-ring (bicyclic) bond motifs is 2. The van der Waals surface area contributed by atoms with Crippen molar-refractivity contribution in [3.63, 3.8) is 0 Å². The zero-order valence-electron chi connectivity index (χ0n) is 15.7. The third kappa shape index (κ3) is 2.89. The summed E-state index contributed by atoms with van der Waals surface area (Å²) < 4.78 is 0. The van der Waals surface area contributed by atoms with Gasteiger partial charge in [-0.15, -0.1) is 0 Å². The molecule has 1 aliphatic carbocycles. The number of amides is 1. The van der Waals surface area contributed by atoms with Gasteiger partial charge in [0.25, 0.3) is 11.5 Å². The second-order valence-corrected chi connectivity index (χ2v) is 7.75. The molecule has 2 aliphatic rings. The predicted molar refractivity (Wildman–Crippen MR) is 105 cm³/mol. The lowest BCUT2D eigenvalue weighted by atomic mass is 9.77. The second kappa shape index (κ2) is 6.54. The molecule has 5 rings (SSSR count). The van der Waals surface area contributed by atoms with Gasteiger partial charge in [-0.2, -0.15) is 0 Å². The Labute approximate surface area is 165 Å². The van der Waals surface area contributed by atoms with Gasteiger partial charge in [-0.25, -0.2) is 9.78 Å². The number of carbonyl (C=O) groups is 1. The van der Waals surface area contributed by atoms with Gasteiger partial charge in [0.15, 0.2) is 0 Å². The number of aromatic amines is 3. The van der Waals surface area contributed by atoms with Crippen molar-refractivity contribution < 1.29 is 4.79 Å². The van der Waals surface area contributed by atoms with Crippen LogP contribution in [0.3, 0.4) is 0 Å². The maximum absolute atomic E-state index is 12.9. The normalized spacial score (nSPS) is 20.8. The van der Waals surface area contributed by atoms with Crippen molar-refractivity contribution in [3.8, 4) is 11.4 Å². The number of nitrogens with one attached hydrogen (secondary N) is 3. The zero-order valence-corrected chi connectivity index (χ0v) is 15.7. The Balaban J connectivity index is 1.53. The zero-order chi connectivity index (χ0) is 20.0. The minimum Gasteiger partial charge on any atom is -0.336 e. The lowest BCUT2D eigenvalue weighted by molar-refractivity contribution is 0.0628. The van der Waals surface area contributed by atoms with E-state index in [1.807, 2.05) is 6.07 Å². The Bertz CT molecular complexity index is 1190. The van der Waals surface area contributed by atoms with Crippen LogP contribution in [0.25, 0.3) is 11.4 Å². The molecule has 3 aromatic rings. The highest BCUT2D eigenvalue weighted by atomic mass is 16.2. The molecule has 1 amide bonds. The van der Waals surface area contributed by atoms with E-state index in [0.29, 0.717) is 30.9 Å². The highest BCUT2D eigenvalue weighted by molar-refractivity contribution is 5.92. The smallest absolute Gasteiger partial charge is 0.323 e. The average Bonchev–Trinajstić information content (AvgIpc) is 3.33. The first-order valence-electron chi connectivity index (χ1n) is 9.67. The summed E-state index contributed by atoms with van der Waals surface area (Å²) in [5, 5.41) is 0. The minimum atomic E-state index is -0.402. The summed E-state index contributed by atoms with van der Waals surface area (Å²) in [6, 6.07) is 3.66. The first kappa shape index (κ1) is 17.6. The molecule has 1 unspecified atom stereocenters. The number of hydrogen-bond acceptors (Lipinski definition) is 5. The Morgan fingerprint density at radius 1 is 1.21 bits per heavy atom. The molecule has 9 nitrogen and oxygen atoms in total. The second-order valence-electron chi connectivity index (χ2n) is 7.75. The van der Waals surface area contributed by atoms with Crippen molar-refractivity contribution in [1.29, 1.82) is 0 Å². The van der Waals surface area contributed by atoms with Crippen LogP contribution in [0.1, 0.15) is 41.0 Å². The van der Waals surface area contributed by atoms with E-state index in [2.05, 4.69) is 19.9 Å². The van der Waals surface area contributed by atoms with Crippen LogP contribution in [0.4, 0.5) is 0 Å². The van der Waals surface area contributed by atoms with Crippen molar-refractivity contribution in [2.75, 3.05) is 13.1 Å². The number of hydrogen-bond donors (Lipinski definition) is 3. The number of likely N-dealkylation sites (tertiary alicyclic amines) is 1. The summed E-state index contributed by atoms with van der Waals surface area (Å²) in [6.45, 7) is 1.09. The number of aromatic nitrogens is 5. The van der Waals surface area contributed by atoms with Crippen LogP contribution in [0.15, 0.2) is 40.3 Å². The van der Waals surface area contributed by atoms with Crippen LogP contribution in [-0.4, -0.2) is 48.8 Å². The summed E-state index contributed by atoms with van der Waals surface area (Å²) in [4.78, 5) is 55.5. The van der Waals surface area contributed by atoms with E-state index in [1.165, 1.54) is 6.20 Å². The number of H-pyrrole nitrogens is 3. The number of imidazole rings is 1. The SMILES string of the molecule is O=C(c1c[nH]c(=O)[nH]1)N1CCCC2(CCc3c2nc(-c2cccnc2)[nH]c3=O)C1. The van der Waals surface area contributed by atoms with Crippen LogP contribution >= 0.6 is 0 Å². The molecular weight excluding hydrogens is 372 g/mol. The molecule has 3 N–H and O–H groups in total. The van der Waals surface area contributed by atoms with E-state index >= 15 is 0 Å². The maximum Gasteiger partial charge on any atom is 0.323 e. The van der Waals surface area contributed by atoms with Gasteiger partial charge in [0.05, 0.1) is 5.69 Å². The summed E-state index contributed by atoms with van der Waals surface area (Å²) in [5.74, 6) is 0.287. The lowest BCUT2D eigenvalue weighted by Gasteiger charge is -2.40. The fourth-order valence-corrected chi connectivity index (χ4v) is 4.61. The Hall–Kier alpha value is -3.49. The maximum atomic E-state index is 12.9. The van der Waals surface area contributed by atoms with E-state index in [-0.39, 0.29) is 22.6 Å². The molecule has 1 aliphatic heterocycles. The molecular formula is C20H20N6O3. The highest BCUT2D eigenvalue weighted by Gasteiger charge is 2.46. The van der Waals surface area contributed by atoms with E-state index in [4.69, 9.17) is 4.98 Å². The molecule has 0 aromatic carbocycles. The topological polar surface area (TPSA) is 128 Å². The third-order valence-corrected chi connectivity index (χ3v) is 6.00. The molecule has 1 atom stereocenters.